The van der Waals surface area contributed by atoms with Gasteiger partial charge in [-0.05, 0) is 36.4 Å². The number of aromatic nitrogens is 2. The van der Waals surface area contributed by atoms with Crippen molar-refractivity contribution in [3.8, 4) is 11.4 Å². The van der Waals surface area contributed by atoms with E-state index in [9.17, 15) is 4.39 Å². The summed E-state index contributed by atoms with van der Waals surface area (Å²) in [5.41, 5.74) is 2.40. The van der Waals surface area contributed by atoms with E-state index in [4.69, 9.17) is 4.74 Å². The van der Waals surface area contributed by atoms with Crippen LogP contribution in [0.5, 0.6) is 5.75 Å². The lowest BCUT2D eigenvalue weighted by molar-refractivity contribution is 0.414. The predicted octanol–water partition coefficient (Wildman–Crippen LogP) is 3.50. The summed E-state index contributed by atoms with van der Waals surface area (Å²) in [6.07, 6.45) is 1.90. The van der Waals surface area contributed by atoms with Gasteiger partial charge >= 0.3 is 0 Å². The molecular formula is C20H23FIN5O. The summed E-state index contributed by atoms with van der Waals surface area (Å²) in [5.74, 6) is 1.15. The van der Waals surface area contributed by atoms with Crippen molar-refractivity contribution in [2.24, 2.45) is 4.99 Å². The summed E-state index contributed by atoms with van der Waals surface area (Å²) in [5, 5.41) is 10.8. The summed E-state index contributed by atoms with van der Waals surface area (Å²) < 4.78 is 20.6. The first-order valence-corrected chi connectivity index (χ1v) is 8.56. The normalized spacial score (nSPS) is 10.9. The van der Waals surface area contributed by atoms with Crippen molar-refractivity contribution in [2.45, 2.75) is 13.1 Å². The van der Waals surface area contributed by atoms with Crippen molar-refractivity contribution >= 4 is 29.9 Å². The molecule has 1 aromatic heterocycles. The van der Waals surface area contributed by atoms with Gasteiger partial charge in [-0.25, -0.2) is 9.07 Å². The minimum Gasteiger partial charge on any atom is -0.497 e. The zero-order valence-corrected chi connectivity index (χ0v) is 18.1. The average molecular weight is 495 g/mol. The van der Waals surface area contributed by atoms with E-state index in [1.807, 2.05) is 42.6 Å². The third kappa shape index (κ3) is 5.69. The molecule has 1 heterocycles. The third-order valence-corrected chi connectivity index (χ3v) is 4.05. The molecule has 6 nitrogen and oxygen atoms in total. The molecule has 0 aliphatic rings. The maximum absolute atomic E-state index is 13.7. The van der Waals surface area contributed by atoms with Crippen LogP contribution in [-0.2, 0) is 13.1 Å². The molecule has 0 aliphatic carbocycles. The first-order valence-electron chi connectivity index (χ1n) is 8.56. The number of nitrogens with one attached hydrogen (secondary N) is 2. The van der Waals surface area contributed by atoms with Crippen LogP contribution in [0, 0.1) is 5.82 Å². The molecule has 0 radical (unpaired) electrons. The number of ether oxygens (including phenoxy) is 1. The standard InChI is InChI=1S/C20H22FN5O.HI/c1-22-20(23-13-15-5-3-4-6-19(15)21)24-14-16-11-12-26(25-16)17-7-9-18(27-2)10-8-17;/h3-12H,13-14H2,1-2H3,(H2,22,23,24);1H. The second-order valence-electron chi connectivity index (χ2n) is 5.82. The molecule has 0 saturated carbocycles. The van der Waals surface area contributed by atoms with Gasteiger partial charge in [0.25, 0.3) is 0 Å². The van der Waals surface area contributed by atoms with E-state index >= 15 is 0 Å². The summed E-state index contributed by atoms with van der Waals surface area (Å²) in [6.45, 7) is 0.854. The molecule has 2 aromatic carbocycles. The average Bonchev–Trinajstić information content (AvgIpc) is 3.18. The van der Waals surface area contributed by atoms with Gasteiger partial charge in [0, 0.05) is 25.4 Å². The molecule has 0 aliphatic heterocycles. The molecule has 3 rings (SSSR count). The zero-order valence-electron chi connectivity index (χ0n) is 15.7. The number of benzene rings is 2. The van der Waals surface area contributed by atoms with E-state index in [0.29, 0.717) is 24.6 Å². The molecule has 0 spiro atoms. The monoisotopic (exact) mass is 495 g/mol. The number of hydrogen-bond acceptors (Lipinski definition) is 3. The molecule has 0 bridgehead atoms. The van der Waals surface area contributed by atoms with Crippen LogP contribution < -0.4 is 15.4 Å². The number of nitrogens with zero attached hydrogens (tertiary/aromatic N) is 3. The van der Waals surface area contributed by atoms with Gasteiger partial charge in [-0.15, -0.1) is 24.0 Å². The smallest absolute Gasteiger partial charge is 0.191 e. The summed E-state index contributed by atoms with van der Waals surface area (Å²) in [7, 11) is 3.31. The fourth-order valence-corrected chi connectivity index (χ4v) is 2.55. The quantitative estimate of drug-likeness (QED) is 0.312. The Morgan fingerprint density at radius 1 is 1.07 bits per heavy atom. The van der Waals surface area contributed by atoms with Gasteiger partial charge in [0.1, 0.15) is 11.6 Å². The van der Waals surface area contributed by atoms with Gasteiger partial charge in [0.15, 0.2) is 5.96 Å². The number of aliphatic imine (C=N–C) groups is 1. The van der Waals surface area contributed by atoms with Crippen molar-refractivity contribution in [2.75, 3.05) is 14.2 Å². The maximum atomic E-state index is 13.7. The zero-order chi connectivity index (χ0) is 19.1. The maximum Gasteiger partial charge on any atom is 0.191 e. The Kier molecular flexibility index (Phi) is 8.24. The lowest BCUT2D eigenvalue weighted by atomic mass is 10.2. The van der Waals surface area contributed by atoms with Crippen LogP contribution in [-0.4, -0.2) is 29.9 Å². The molecule has 148 valence electrons. The highest BCUT2D eigenvalue weighted by atomic mass is 127. The molecule has 28 heavy (non-hydrogen) atoms. The van der Waals surface area contributed by atoms with Crippen LogP contribution in [0.3, 0.4) is 0 Å². The molecule has 3 aromatic rings. The van der Waals surface area contributed by atoms with E-state index in [1.54, 1.807) is 31.0 Å². The second-order valence-corrected chi connectivity index (χ2v) is 5.82. The Morgan fingerprint density at radius 2 is 1.79 bits per heavy atom. The molecule has 0 amide bonds. The van der Waals surface area contributed by atoms with Gasteiger partial charge in [0.2, 0.25) is 0 Å². The minimum absolute atomic E-state index is 0. The van der Waals surface area contributed by atoms with E-state index in [-0.39, 0.29) is 29.8 Å². The SMILES string of the molecule is CN=C(NCc1ccn(-c2ccc(OC)cc2)n1)NCc1ccccc1F.I. The molecule has 0 fully saturated rings. The second kappa shape index (κ2) is 10.6. The van der Waals surface area contributed by atoms with E-state index < -0.39 is 0 Å². The number of rotatable bonds is 6. The van der Waals surface area contributed by atoms with Crippen LogP contribution in [0.1, 0.15) is 11.3 Å². The van der Waals surface area contributed by atoms with Crippen molar-refractivity contribution in [1.82, 2.24) is 20.4 Å². The van der Waals surface area contributed by atoms with Crippen molar-refractivity contribution in [3.63, 3.8) is 0 Å². The van der Waals surface area contributed by atoms with Gasteiger partial charge in [-0.3, -0.25) is 4.99 Å². The summed E-state index contributed by atoms with van der Waals surface area (Å²) in [6, 6.07) is 16.3. The van der Waals surface area contributed by atoms with E-state index in [0.717, 1.165) is 17.1 Å². The lowest BCUT2D eigenvalue weighted by Gasteiger charge is -2.11. The van der Waals surface area contributed by atoms with Crippen LogP contribution in [0.15, 0.2) is 65.8 Å². The van der Waals surface area contributed by atoms with Gasteiger partial charge in [-0.1, -0.05) is 18.2 Å². The van der Waals surface area contributed by atoms with Crippen molar-refractivity contribution < 1.29 is 9.13 Å². The molecule has 0 saturated heterocycles. The van der Waals surface area contributed by atoms with Crippen LogP contribution in [0.25, 0.3) is 5.69 Å². The van der Waals surface area contributed by atoms with Crippen LogP contribution in [0.4, 0.5) is 4.39 Å². The largest absolute Gasteiger partial charge is 0.497 e. The number of guanidine groups is 1. The highest BCUT2D eigenvalue weighted by molar-refractivity contribution is 14.0. The third-order valence-electron chi connectivity index (χ3n) is 4.05. The Hall–Kier alpha value is -2.62. The minimum atomic E-state index is -0.237. The van der Waals surface area contributed by atoms with Gasteiger partial charge in [-0.2, -0.15) is 5.10 Å². The molecule has 0 unspecified atom stereocenters. The highest BCUT2D eigenvalue weighted by Crippen LogP contribution is 2.14. The molecule has 8 heteroatoms. The number of hydrogen-bond donors (Lipinski definition) is 2. The molecule has 2 N–H and O–H groups in total. The highest BCUT2D eigenvalue weighted by Gasteiger charge is 2.05. The Balaban J connectivity index is 0.00000280. The predicted molar refractivity (Wildman–Crippen MR) is 119 cm³/mol. The lowest BCUT2D eigenvalue weighted by Crippen LogP contribution is -2.36. The van der Waals surface area contributed by atoms with Gasteiger partial charge < -0.3 is 15.4 Å². The van der Waals surface area contributed by atoms with E-state index in [1.165, 1.54) is 6.07 Å². The molecule has 0 atom stereocenters. The van der Waals surface area contributed by atoms with E-state index in [2.05, 4.69) is 20.7 Å². The number of halogens is 2. The number of methoxy groups -OCH3 is 1. The van der Waals surface area contributed by atoms with Gasteiger partial charge in [0.05, 0.1) is 25.0 Å². The Bertz CT molecular complexity index is 911. The van der Waals surface area contributed by atoms with Crippen molar-refractivity contribution in [3.05, 3.63) is 77.9 Å². The molecular weight excluding hydrogens is 472 g/mol. The Morgan fingerprint density at radius 3 is 2.46 bits per heavy atom. The first-order chi connectivity index (χ1) is 13.2. The fourth-order valence-electron chi connectivity index (χ4n) is 2.55. The van der Waals surface area contributed by atoms with Crippen LogP contribution in [0.2, 0.25) is 0 Å². The van der Waals surface area contributed by atoms with Crippen molar-refractivity contribution in [1.29, 1.82) is 0 Å². The summed E-state index contributed by atoms with van der Waals surface area (Å²) in [4.78, 5) is 4.16. The van der Waals surface area contributed by atoms with Crippen LogP contribution >= 0.6 is 24.0 Å². The fraction of sp³-hybridized carbons (Fsp3) is 0.200. The Labute approximate surface area is 180 Å². The first kappa shape index (κ1) is 21.7. The topological polar surface area (TPSA) is 63.5 Å². The summed E-state index contributed by atoms with van der Waals surface area (Å²) >= 11 is 0.